The Morgan fingerprint density at radius 1 is 1.59 bits per heavy atom. The van der Waals surface area contributed by atoms with Crippen LogP contribution in [0, 0.1) is 0 Å². The number of halogens is 1. The van der Waals surface area contributed by atoms with Crippen LogP contribution >= 0.6 is 15.9 Å². The highest BCUT2D eigenvalue weighted by molar-refractivity contribution is 9.10. The van der Waals surface area contributed by atoms with Crippen molar-refractivity contribution in [1.82, 2.24) is 9.88 Å². The molecule has 0 aromatic carbocycles. The summed E-state index contributed by atoms with van der Waals surface area (Å²) in [6.07, 6.45) is 1.92. The minimum atomic E-state index is -0.0656. The van der Waals surface area contributed by atoms with E-state index in [0.717, 1.165) is 4.47 Å². The molecule has 1 aromatic heterocycles. The Labute approximate surface area is 110 Å². The van der Waals surface area contributed by atoms with Crippen LogP contribution in [0.2, 0.25) is 0 Å². The summed E-state index contributed by atoms with van der Waals surface area (Å²) in [5, 5.41) is 2.84. The average Bonchev–Trinajstić information content (AvgIpc) is 2.66. The summed E-state index contributed by atoms with van der Waals surface area (Å²) in [6.45, 7) is 7.78. The summed E-state index contributed by atoms with van der Waals surface area (Å²) in [6, 6.07) is 2.09. The van der Waals surface area contributed by atoms with E-state index < -0.39 is 0 Å². The van der Waals surface area contributed by atoms with Gasteiger partial charge in [-0.1, -0.05) is 0 Å². The third-order valence-corrected chi connectivity index (χ3v) is 2.77. The average molecular weight is 303 g/mol. The predicted molar refractivity (Wildman–Crippen MR) is 71.3 cm³/mol. The third-order valence-electron chi connectivity index (χ3n) is 2.34. The quantitative estimate of drug-likeness (QED) is 0.821. The number of ether oxygens (including phenoxy) is 1. The van der Waals surface area contributed by atoms with Crippen LogP contribution in [-0.2, 0) is 4.74 Å². The van der Waals surface area contributed by atoms with Crippen LogP contribution in [-0.4, -0.2) is 30.2 Å². The van der Waals surface area contributed by atoms with Crippen molar-refractivity contribution in [3.63, 3.8) is 0 Å². The minimum Gasteiger partial charge on any atom is -0.380 e. The largest absolute Gasteiger partial charge is 0.380 e. The van der Waals surface area contributed by atoms with Gasteiger partial charge in [-0.3, -0.25) is 4.79 Å². The third kappa shape index (κ3) is 4.16. The summed E-state index contributed by atoms with van der Waals surface area (Å²) in [5.74, 6) is -0.0656. The van der Waals surface area contributed by atoms with E-state index in [-0.39, 0.29) is 11.9 Å². The topological polar surface area (TPSA) is 43.3 Å². The first-order chi connectivity index (χ1) is 8.06. The smallest absolute Gasteiger partial charge is 0.268 e. The molecular formula is C12H19BrN2O2. The Bertz CT molecular complexity index is 375. The van der Waals surface area contributed by atoms with E-state index in [1.165, 1.54) is 0 Å². The predicted octanol–water partition coefficient (Wildman–Crippen LogP) is 2.60. The first-order valence-electron chi connectivity index (χ1n) is 5.79. The number of nitrogens with one attached hydrogen (secondary N) is 1. The second-order valence-corrected chi connectivity index (χ2v) is 4.91. The first kappa shape index (κ1) is 14.3. The highest BCUT2D eigenvalue weighted by Gasteiger charge is 2.14. The van der Waals surface area contributed by atoms with Crippen molar-refractivity contribution in [2.24, 2.45) is 0 Å². The maximum atomic E-state index is 11.9. The first-order valence-corrected chi connectivity index (χ1v) is 6.58. The molecule has 0 aliphatic heterocycles. The molecule has 1 heterocycles. The van der Waals surface area contributed by atoms with E-state index in [1.807, 2.05) is 37.6 Å². The molecule has 1 rings (SSSR count). The number of carbonyl (C=O) groups is 1. The zero-order valence-corrected chi connectivity index (χ0v) is 12.1. The number of hydrogen-bond donors (Lipinski definition) is 1. The molecule has 1 N–H and O–H groups in total. The van der Waals surface area contributed by atoms with Crippen LogP contribution in [0.5, 0.6) is 0 Å². The second kappa shape index (κ2) is 6.81. The van der Waals surface area contributed by atoms with Gasteiger partial charge < -0.3 is 14.6 Å². The van der Waals surface area contributed by atoms with Gasteiger partial charge in [-0.15, -0.1) is 0 Å². The molecule has 96 valence electrons. The maximum absolute atomic E-state index is 11.9. The molecule has 0 aliphatic rings. The molecule has 1 aromatic rings. The molecule has 1 amide bonds. The summed E-state index contributed by atoms with van der Waals surface area (Å²) in [4.78, 5) is 11.9. The molecule has 0 spiro atoms. The molecular weight excluding hydrogens is 284 g/mol. The lowest BCUT2D eigenvalue weighted by Crippen LogP contribution is -2.29. The fourth-order valence-electron chi connectivity index (χ4n) is 1.53. The SMILES string of the molecule is CCOCCNC(=O)c1cc(Br)cn1C(C)C. The van der Waals surface area contributed by atoms with Crippen LogP contribution in [0.1, 0.15) is 37.3 Å². The van der Waals surface area contributed by atoms with Crippen LogP contribution in [0.25, 0.3) is 0 Å². The zero-order chi connectivity index (χ0) is 12.8. The standard InChI is InChI=1S/C12H19BrN2O2/c1-4-17-6-5-14-12(16)11-7-10(13)8-15(11)9(2)3/h7-9H,4-6H2,1-3H3,(H,14,16). The lowest BCUT2D eigenvalue weighted by molar-refractivity contribution is 0.0912. The van der Waals surface area contributed by atoms with Crippen LogP contribution in [0.4, 0.5) is 0 Å². The number of rotatable bonds is 6. The molecule has 0 fully saturated rings. The summed E-state index contributed by atoms with van der Waals surface area (Å²) >= 11 is 3.39. The van der Waals surface area contributed by atoms with Crippen molar-refractivity contribution in [3.05, 3.63) is 22.4 Å². The highest BCUT2D eigenvalue weighted by Crippen LogP contribution is 2.19. The van der Waals surface area contributed by atoms with Gasteiger partial charge in [-0.05, 0) is 42.8 Å². The van der Waals surface area contributed by atoms with Gasteiger partial charge in [0.15, 0.2) is 0 Å². The van der Waals surface area contributed by atoms with Gasteiger partial charge in [0.05, 0.1) is 6.61 Å². The fourth-order valence-corrected chi connectivity index (χ4v) is 1.96. The van der Waals surface area contributed by atoms with Gasteiger partial charge in [-0.25, -0.2) is 0 Å². The molecule has 17 heavy (non-hydrogen) atoms. The summed E-state index contributed by atoms with van der Waals surface area (Å²) in [7, 11) is 0. The lowest BCUT2D eigenvalue weighted by Gasteiger charge is -2.12. The minimum absolute atomic E-state index is 0.0656. The van der Waals surface area contributed by atoms with Crippen molar-refractivity contribution in [1.29, 1.82) is 0 Å². The Hall–Kier alpha value is -0.810. The van der Waals surface area contributed by atoms with E-state index in [9.17, 15) is 4.79 Å². The van der Waals surface area contributed by atoms with Gasteiger partial charge in [0.25, 0.3) is 5.91 Å². The van der Waals surface area contributed by atoms with Crippen LogP contribution in [0.3, 0.4) is 0 Å². The van der Waals surface area contributed by atoms with Gasteiger partial charge in [-0.2, -0.15) is 0 Å². The van der Waals surface area contributed by atoms with Crippen molar-refractivity contribution < 1.29 is 9.53 Å². The van der Waals surface area contributed by atoms with Crippen molar-refractivity contribution in [2.75, 3.05) is 19.8 Å². The number of hydrogen-bond acceptors (Lipinski definition) is 2. The Morgan fingerprint density at radius 2 is 2.29 bits per heavy atom. The molecule has 0 bridgehead atoms. The lowest BCUT2D eigenvalue weighted by atomic mass is 10.3. The van der Waals surface area contributed by atoms with Crippen molar-refractivity contribution in [3.8, 4) is 0 Å². The number of amides is 1. The zero-order valence-electron chi connectivity index (χ0n) is 10.5. The van der Waals surface area contributed by atoms with E-state index in [1.54, 1.807) is 0 Å². The number of aromatic nitrogens is 1. The van der Waals surface area contributed by atoms with E-state index in [4.69, 9.17) is 4.74 Å². The Kier molecular flexibility index (Phi) is 5.71. The molecule has 0 aliphatic carbocycles. The monoisotopic (exact) mass is 302 g/mol. The van der Waals surface area contributed by atoms with Gasteiger partial charge >= 0.3 is 0 Å². The molecule has 0 saturated carbocycles. The molecule has 4 nitrogen and oxygen atoms in total. The normalized spacial score (nSPS) is 10.9. The van der Waals surface area contributed by atoms with Gasteiger partial charge in [0.2, 0.25) is 0 Å². The number of nitrogens with zero attached hydrogens (tertiary/aromatic N) is 1. The highest BCUT2D eigenvalue weighted by atomic mass is 79.9. The molecule has 0 radical (unpaired) electrons. The molecule has 0 unspecified atom stereocenters. The second-order valence-electron chi connectivity index (χ2n) is 4.00. The maximum Gasteiger partial charge on any atom is 0.268 e. The van der Waals surface area contributed by atoms with E-state index in [2.05, 4.69) is 21.2 Å². The van der Waals surface area contributed by atoms with Gasteiger partial charge in [0, 0.05) is 29.9 Å². The van der Waals surface area contributed by atoms with Crippen LogP contribution in [0.15, 0.2) is 16.7 Å². The Morgan fingerprint density at radius 3 is 2.88 bits per heavy atom. The fraction of sp³-hybridized carbons (Fsp3) is 0.583. The molecule has 0 atom stereocenters. The molecule has 0 saturated heterocycles. The molecule has 5 heteroatoms. The van der Waals surface area contributed by atoms with Crippen LogP contribution < -0.4 is 5.32 Å². The van der Waals surface area contributed by atoms with Crippen molar-refractivity contribution >= 4 is 21.8 Å². The summed E-state index contributed by atoms with van der Waals surface area (Å²) in [5.41, 5.74) is 0.670. The van der Waals surface area contributed by atoms with E-state index in [0.29, 0.717) is 25.5 Å². The van der Waals surface area contributed by atoms with Crippen molar-refractivity contribution in [2.45, 2.75) is 26.8 Å². The van der Waals surface area contributed by atoms with E-state index >= 15 is 0 Å². The number of carbonyl (C=O) groups excluding carboxylic acids is 1. The summed E-state index contributed by atoms with van der Waals surface area (Å²) < 4.78 is 8.03. The van der Waals surface area contributed by atoms with Gasteiger partial charge in [0.1, 0.15) is 5.69 Å². The Balaban J connectivity index is 2.62.